The minimum Gasteiger partial charge on any atom is -0.508 e. The average molecular weight is 354 g/mol. The molecule has 1 amide bonds. The van der Waals surface area contributed by atoms with Crippen LogP contribution in [0, 0.1) is 0 Å². The molecule has 0 heterocycles. The van der Waals surface area contributed by atoms with Crippen LogP contribution in [-0.4, -0.2) is 23.7 Å². The van der Waals surface area contributed by atoms with Gasteiger partial charge in [-0.1, -0.05) is 35.3 Å². The summed E-state index contributed by atoms with van der Waals surface area (Å²) in [6.07, 6.45) is -0.00559. The second-order valence-corrected chi connectivity index (χ2v) is 5.89. The number of benzene rings is 2. The third kappa shape index (κ3) is 5.34. The van der Waals surface area contributed by atoms with Gasteiger partial charge in [-0.25, -0.2) is 0 Å². The molecule has 0 saturated carbocycles. The zero-order valence-electron chi connectivity index (χ0n) is 12.6. The van der Waals surface area contributed by atoms with Gasteiger partial charge < -0.3 is 15.2 Å². The van der Waals surface area contributed by atoms with Crippen molar-refractivity contribution in [1.29, 1.82) is 0 Å². The number of hydrogen-bond acceptors (Lipinski definition) is 3. The SMILES string of the molecule is CC(Oc1ccc(Cl)cc1Cl)C(=O)NCCc1ccc(O)cc1. The lowest BCUT2D eigenvalue weighted by Gasteiger charge is -2.15. The molecule has 2 aromatic carbocycles. The van der Waals surface area contributed by atoms with E-state index in [-0.39, 0.29) is 11.7 Å². The molecule has 0 aliphatic carbocycles. The standard InChI is InChI=1S/C17H17Cl2NO3/c1-11(23-16-7-4-13(18)10-15(16)19)17(22)20-9-8-12-2-5-14(21)6-3-12/h2-7,10-11,21H,8-9H2,1H3,(H,20,22). The highest BCUT2D eigenvalue weighted by Crippen LogP contribution is 2.28. The second kappa shape index (κ2) is 8.09. The maximum absolute atomic E-state index is 12.0. The first kappa shape index (κ1) is 17.4. The molecule has 0 aliphatic heterocycles. The molecule has 6 heteroatoms. The molecule has 0 aliphatic rings. The fraction of sp³-hybridized carbons (Fsp3) is 0.235. The van der Waals surface area contributed by atoms with Crippen LogP contribution in [0.5, 0.6) is 11.5 Å². The van der Waals surface area contributed by atoms with Crippen molar-refractivity contribution in [2.45, 2.75) is 19.4 Å². The Kier molecular flexibility index (Phi) is 6.13. The summed E-state index contributed by atoms with van der Waals surface area (Å²) in [5.74, 6) is 0.409. The van der Waals surface area contributed by atoms with Crippen LogP contribution < -0.4 is 10.1 Å². The lowest BCUT2D eigenvalue weighted by molar-refractivity contribution is -0.127. The lowest BCUT2D eigenvalue weighted by Crippen LogP contribution is -2.37. The normalized spacial score (nSPS) is 11.8. The second-order valence-electron chi connectivity index (χ2n) is 5.04. The van der Waals surface area contributed by atoms with Crippen LogP contribution in [0.2, 0.25) is 10.0 Å². The summed E-state index contributed by atoms with van der Waals surface area (Å²) in [6, 6.07) is 11.7. The number of rotatable bonds is 6. The van der Waals surface area contributed by atoms with Gasteiger partial charge in [0, 0.05) is 11.6 Å². The van der Waals surface area contributed by atoms with E-state index in [0.29, 0.717) is 28.8 Å². The van der Waals surface area contributed by atoms with Crippen LogP contribution in [-0.2, 0) is 11.2 Å². The number of carbonyl (C=O) groups excluding carboxylic acids is 1. The van der Waals surface area contributed by atoms with E-state index in [1.807, 2.05) is 12.1 Å². The van der Waals surface area contributed by atoms with Crippen LogP contribution in [0.15, 0.2) is 42.5 Å². The van der Waals surface area contributed by atoms with Crippen molar-refractivity contribution in [3.05, 3.63) is 58.1 Å². The van der Waals surface area contributed by atoms with Crippen molar-refractivity contribution in [3.8, 4) is 11.5 Å². The monoisotopic (exact) mass is 353 g/mol. The Labute approximate surface area is 145 Å². The number of hydrogen-bond donors (Lipinski definition) is 2. The number of phenols is 1. The van der Waals surface area contributed by atoms with Crippen LogP contribution in [0.3, 0.4) is 0 Å². The maximum Gasteiger partial charge on any atom is 0.260 e. The smallest absolute Gasteiger partial charge is 0.260 e. The molecule has 4 nitrogen and oxygen atoms in total. The van der Waals surface area contributed by atoms with E-state index in [2.05, 4.69) is 5.32 Å². The first-order chi connectivity index (χ1) is 11.0. The van der Waals surface area contributed by atoms with Gasteiger partial charge in [0.2, 0.25) is 0 Å². The Morgan fingerprint density at radius 2 is 1.91 bits per heavy atom. The largest absolute Gasteiger partial charge is 0.508 e. The maximum atomic E-state index is 12.0. The van der Waals surface area contributed by atoms with E-state index in [1.165, 1.54) is 0 Å². The van der Waals surface area contributed by atoms with Gasteiger partial charge in [-0.2, -0.15) is 0 Å². The van der Waals surface area contributed by atoms with Gasteiger partial charge in [-0.05, 0) is 49.2 Å². The summed E-state index contributed by atoms with van der Waals surface area (Å²) in [5.41, 5.74) is 1.03. The van der Waals surface area contributed by atoms with Gasteiger partial charge in [-0.15, -0.1) is 0 Å². The minimum atomic E-state index is -0.673. The summed E-state index contributed by atoms with van der Waals surface area (Å²) in [6.45, 7) is 2.13. The molecule has 0 radical (unpaired) electrons. The molecule has 23 heavy (non-hydrogen) atoms. The van der Waals surface area contributed by atoms with Gasteiger partial charge in [0.05, 0.1) is 5.02 Å². The van der Waals surface area contributed by atoms with Crippen molar-refractivity contribution < 1.29 is 14.6 Å². The summed E-state index contributed by atoms with van der Waals surface area (Å²) in [5, 5.41) is 12.9. The zero-order chi connectivity index (χ0) is 16.8. The molecule has 0 aromatic heterocycles. The Balaban J connectivity index is 1.81. The van der Waals surface area contributed by atoms with E-state index in [4.69, 9.17) is 27.9 Å². The number of halogens is 2. The number of ether oxygens (including phenoxy) is 1. The highest BCUT2D eigenvalue weighted by Gasteiger charge is 2.15. The molecule has 122 valence electrons. The summed E-state index contributed by atoms with van der Waals surface area (Å²) >= 11 is 11.8. The first-order valence-corrected chi connectivity index (χ1v) is 7.88. The molecule has 2 rings (SSSR count). The molecule has 1 unspecified atom stereocenters. The molecule has 1 atom stereocenters. The predicted octanol–water partition coefficient (Wildman–Crippen LogP) is 3.83. The topological polar surface area (TPSA) is 58.6 Å². The van der Waals surface area contributed by atoms with Gasteiger partial charge in [-0.3, -0.25) is 4.79 Å². The van der Waals surface area contributed by atoms with Crippen LogP contribution in [0.4, 0.5) is 0 Å². The molecule has 2 N–H and O–H groups in total. The number of phenolic OH excluding ortho intramolecular Hbond substituents is 1. The Bertz CT molecular complexity index is 674. The van der Waals surface area contributed by atoms with Gasteiger partial charge in [0.1, 0.15) is 11.5 Å². The third-order valence-electron chi connectivity index (χ3n) is 3.22. The van der Waals surface area contributed by atoms with Gasteiger partial charge >= 0.3 is 0 Å². The Morgan fingerprint density at radius 1 is 1.22 bits per heavy atom. The molecular weight excluding hydrogens is 337 g/mol. The first-order valence-electron chi connectivity index (χ1n) is 7.13. The average Bonchev–Trinajstić information content (AvgIpc) is 2.51. The molecule has 0 saturated heterocycles. The minimum absolute atomic E-state index is 0.222. The Hall–Kier alpha value is -1.91. The number of nitrogens with one attached hydrogen (secondary N) is 1. The van der Waals surface area contributed by atoms with Crippen LogP contribution in [0.25, 0.3) is 0 Å². The van der Waals surface area contributed by atoms with Crippen LogP contribution >= 0.6 is 23.2 Å². The van der Waals surface area contributed by atoms with E-state index < -0.39 is 6.10 Å². The summed E-state index contributed by atoms with van der Waals surface area (Å²) < 4.78 is 5.54. The number of amides is 1. The fourth-order valence-electron chi connectivity index (χ4n) is 1.95. The van der Waals surface area contributed by atoms with Gasteiger partial charge in [0.25, 0.3) is 5.91 Å². The van der Waals surface area contributed by atoms with E-state index in [9.17, 15) is 9.90 Å². The molecular formula is C17H17Cl2NO3. The fourth-order valence-corrected chi connectivity index (χ4v) is 2.40. The summed E-state index contributed by atoms with van der Waals surface area (Å²) in [7, 11) is 0. The molecule has 0 bridgehead atoms. The van der Waals surface area contributed by atoms with Crippen LogP contribution in [0.1, 0.15) is 12.5 Å². The van der Waals surface area contributed by atoms with Crippen molar-refractivity contribution in [3.63, 3.8) is 0 Å². The Morgan fingerprint density at radius 3 is 2.57 bits per heavy atom. The molecule has 2 aromatic rings. The zero-order valence-corrected chi connectivity index (χ0v) is 14.1. The third-order valence-corrected chi connectivity index (χ3v) is 3.75. The number of carbonyl (C=O) groups is 1. The predicted molar refractivity (Wildman–Crippen MR) is 91.4 cm³/mol. The van der Waals surface area contributed by atoms with Gasteiger partial charge in [0.15, 0.2) is 6.10 Å². The van der Waals surface area contributed by atoms with Crippen molar-refractivity contribution in [2.24, 2.45) is 0 Å². The summed E-state index contributed by atoms with van der Waals surface area (Å²) in [4.78, 5) is 12.0. The van der Waals surface area contributed by atoms with E-state index in [1.54, 1.807) is 37.3 Å². The quantitative estimate of drug-likeness (QED) is 0.829. The van der Waals surface area contributed by atoms with Crippen molar-refractivity contribution in [2.75, 3.05) is 6.54 Å². The molecule has 0 fully saturated rings. The van der Waals surface area contributed by atoms with Crippen molar-refractivity contribution in [1.82, 2.24) is 5.32 Å². The van der Waals surface area contributed by atoms with E-state index >= 15 is 0 Å². The molecule has 0 spiro atoms. The van der Waals surface area contributed by atoms with E-state index in [0.717, 1.165) is 5.56 Å². The lowest BCUT2D eigenvalue weighted by atomic mass is 10.1. The highest BCUT2D eigenvalue weighted by molar-refractivity contribution is 6.35. The highest BCUT2D eigenvalue weighted by atomic mass is 35.5. The van der Waals surface area contributed by atoms with Crippen molar-refractivity contribution >= 4 is 29.1 Å². The number of aromatic hydroxyl groups is 1.